The van der Waals surface area contributed by atoms with Crippen molar-refractivity contribution >= 4 is 17.3 Å². The van der Waals surface area contributed by atoms with E-state index in [0.717, 1.165) is 54.1 Å². The van der Waals surface area contributed by atoms with Crippen LogP contribution < -0.4 is 5.32 Å². The summed E-state index contributed by atoms with van der Waals surface area (Å²) in [6, 6.07) is 13.6. The van der Waals surface area contributed by atoms with E-state index in [1.807, 2.05) is 6.07 Å². The quantitative estimate of drug-likeness (QED) is 0.517. The largest absolute Gasteiger partial charge is 0.340 e. The third-order valence-electron chi connectivity index (χ3n) is 5.72. The predicted molar refractivity (Wildman–Crippen MR) is 116 cm³/mol. The standard InChI is InChI=1S/C24H24FN5/c1-15-7-10-17(11-8-15)13-22-28-24-27-21-6-4-3-5-19(21)23(30(24)29-22)26-18-12-9-16(2)20(25)14-18/h7-12,14,26H,3-6,13H2,1-2H3. The van der Waals surface area contributed by atoms with Gasteiger partial charge in [0.25, 0.3) is 5.78 Å². The zero-order valence-corrected chi connectivity index (χ0v) is 17.2. The minimum absolute atomic E-state index is 0.224. The Kier molecular flexibility index (Phi) is 4.69. The van der Waals surface area contributed by atoms with Gasteiger partial charge in [0.2, 0.25) is 0 Å². The van der Waals surface area contributed by atoms with Crippen LogP contribution in [0.3, 0.4) is 0 Å². The highest BCUT2D eigenvalue weighted by Gasteiger charge is 2.21. The zero-order chi connectivity index (χ0) is 20.7. The first-order valence-corrected chi connectivity index (χ1v) is 10.4. The van der Waals surface area contributed by atoms with Crippen LogP contribution in [0, 0.1) is 19.7 Å². The van der Waals surface area contributed by atoms with E-state index >= 15 is 0 Å². The highest BCUT2D eigenvalue weighted by atomic mass is 19.1. The van der Waals surface area contributed by atoms with E-state index in [0.29, 0.717) is 23.4 Å². The molecule has 0 bridgehead atoms. The van der Waals surface area contributed by atoms with Crippen molar-refractivity contribution in [2.24, 2.45) is 0 Å². The molecule has 5 nitrogen and oxygen atoms in total. The number of aryl methyl sites for hydroxylation is 3. The van der Waals surface area contributed by atoms with Gasteiger partial charge >= 0.3 is 0 Å². The average Bonchev–Trinajstić information content (AvgIpc) is 3.14. The molecule has 0 unspecified atom stereocenters. The highest BCUT2D eigenvalue weighted by molar-refractivity contribution is 5.63. The number of nitrogens with one attached hydrogen (secondary N) is 1. The number of hydrogen-bond acceptors (Lipinski definition) is 4. The summed E-state index contributed by atoms with van der Waals surface area (Å²) in [5, 5.41) is 8.17. The molecule has 152 valence electrons. The van der Waals surface area contributed by atoms with Crippen molar-refractivity contribution in [3.8, 4) is 0 Å². The molecule has 30 heavy (non-hydrogen) atoms. The van der Waals surface area contributed by atoms with Gasteiger partial charge in [-0.1, -0.05) is 35.9 Å². The summed E-state index contributed by atoms with van der Waals surface area (Å²) in [5.74, 6) is 1.94. The van der Waals surface area contributed by atoms with Crippen LogP contribution in [0.2, 0.25) is 0 Å². The smallest absolute Gasteiger partial charge is 0.254 e. The van der Waals surface area contributed by atoms with Crippen LogP contribution in [-0.4, -0.2) is 19.6 Å². The number of anilines is 2. The molecule has 0 fully saturated rings. The molecule has 1 aliphatic carbocycles. The molecule has 0 saturated carbocycles. The molecule has 6 heteroatoms. The predicted octanol–water partition coefficient (Wildman–Crippen LogP) is 5.09. The van der Waals surface area contributed by atoms with Gasteiger partial charge in [-0.2, -0.15) is 9.50 Å². The Morgan fingerprint density at radius 1 is 1.00 bits per heavy atom. The van der Waals surface area contributed by atoms with Crippen molar-refractivity contribution in [3.05, 3.63) is 82.1 Å². The van der Waals surface area contributed by atoms with Crippen LogP contribution in [-0.2, 0) is 19.3 Å². The Labute approximate surface area is 175 Å². The van der Waals surface area contributed by atoms with Crippen molar-refractivity contribution in [1.82, 2.24) is 19.6 Å². The average molecular weight is 401 g/mol. The molecule has 2 aromatic carbocycles. The van der Waals surface area contributed by atoms with E-state index in [2.05, 4.69) is 36.5 Å². The number of aromatic nitrogens is 4. The number of benzene rings is 2. The minimum atomic E-state index is -0.224. The second-order valence-electron chi connectivity index (χ2n) is 8.08. The van der Waals surface area contributed by atoms with Crippen molar-refractivity contribution in [3.63, 3.8) is 0 Å². The molecule has 4 aromatic rings. The molecule has 1 aliphatic rings. The number of hydrogen-bond donors (Lipinski definition) is 1. The molecule has 1 N–H and O–H groups in total. The van der Waals surface area contributed by atoms with E-state index in [1.165, 1.54) is 11.6 Å². The van der Waals surface area contributed by atoms with Gasteiger partial charge in [0.05, 0.1) is 5.69 Å². The van der Waals surface area contributed by atoms with Gasteiger partial charge in [0.1, 0.15) is 11.6 Å². The molecule has 5 rings (SSSR count). The molecule has 0 spiro atoms. The number of rotatable bonds is 4. The first-order valence-electron chi connectivity index (χ1n) is 10.4. The first kappa shape index (κ1) is 18.7. The molecule has 2 aromatic heterocycles. The van der Waals surface area contributed by atoms with Crippen LogP contribution in [0.4, 0.5) is 15.9 Å². The second kappa shape index (κ2) is 7.52. The van der Waals surface area contributed by atoms with E-state index in [9.17, 15) is 4.39 Å². The summed E-state index contributed by atoms with van der Waals surface area (Å²) >= 11 is 0. The van der Waals surface area contributed by atoms with Crippen molar-refractivity contribution < 1.29 is 4.39 Å². The Morgan fingerprint density at radius 3 is 2.60 bits per heavy atom. The summed E-state index contributed by atoms with van der Waals surface area (Å²) < 4.78 is 15.9. The van der Waals surface area contributed by atoms with Crippen LogP contribution >= 0.6 is 0 Å². The van der Waals surface area contributed by atoms with E-state index in [1.54, 1.807) is 17.5 Å². The van der Waals surface area contributed by atoms with Crippen LogP contribution in [0.1, 0.15) is 46.6 Å². The Balaban J connectivity index is 1.58. The molecule has 0 radical (unpaired) electrons. The molecular formula is C24H24FN5. The normalized spacial score (nSPS) is 13.4. The first-order chi connectivity index (χ1) is 14.6. The fourth-order valence-electron chi connectivity index (χ4n) is 3.98. The van der Waals surface area contributed by atoms with Crippen molar-refractivity contribution in [1.29, 1.82) is 0 Å². The molecular weight excluding hydrogens is 377 g/mol. The summed E-state index contributed by atoms with van der Waals surface area (Å²) in [5.41, 5.74) is 5.95. The molecule has 0 atom stereocenters. The molecule has 2 heterocycles. The lowest BCUT2D eigenvalue weighted by atomic mass is 9.96. The Morgan fingerprint density at radius 2 is 1.80 bits per heavy atom. The maximum Gasteiger partial charge on any atom is 0.254 e. The van der Waals surface area contributed by atoms with Gasteiger partial charge in [-0.25, -0.2) is 9.37 Å². The number of nitrogens with zero attached hydrogens (tertiary/aromatic N) is 4. The fourth-order valence-corrected chi connectivity index (χ4v) is 3.98. The van der Waals surface area contributed by atoms with Gasteiger partial charge in [-0.05, 0) is 62.8 Å². The van der Waals surface area contributed by atoms with Crippen LogP contribution in [0.5, 0.6) is 0 Å². The summed E-state index contributed by atoms with van der Waals surface area (Å²) in [6.07, 6.45) is 4.75. The lowest BCUT2D eigenvalue weighted by Crippen LogP contribution is -2.13. The minimum Gasteiger partial charge on any atom is -0.340 e. The molecule has 0 amide bonds. The van der Waals surface area contributed by atoms with Gasteiger partial charge in [0, 0.05) is 17.7 Å². The van der Waals surface area contributed by atoms with E-state index in [4.69, 9.17) is 15.1 Å². The maximum absolute atomic E-state index is 14.1. The van der Waals surface area contributed by atoms with Gasteiger partial charge < -0.3 is 5.32 Å². The summed E-state index contributed by atoms with van der Waals surface area (Å²) in [7, 11) is 0. The van der Waals surface area contributed by atoms with Crippen molar-refractivity contribution in [2.75, 3.05) is 5.32 Å². The zero-order valence-electron chi connectivity index (χ0n) is 17.2. The lowest BCUT2D eigenvalue weighted by molar-refractivity contribution is 0.619. The van der Waals surface area contributed by atoms with E-state index in [-0.39, 0.29) is 5.82 Å². The summed E-state index contributed by atoms with van der Waals surface area (Å²) in [4.78, 5) is 9.50. The Bertz CT molecular complexity index is 1230. The van der Waals surface area contributed by atoms with Crippen LogP contribution in [0.25, 0.3) is 5.78 Å². The lowest BCUT2D eigenvalue weighted by Gasteiger charge is -2.20. The number of halogens is 1. The second-order valence-corrected chi connectivity index (χ2v) is 8.08. The fraction of sp³-hybridized carbons (Fsp3) is 0.292. The molecule has 0 saturated heterocycles. The van der Waals surface area contributed by atoms with Crippen molar-refractivity contribution in [2.45, 2.75) is 46.0 Å². The van der Waals surface area contributed by atoms with Gasteiger partial charge in [0.15, 0.2) is 5.82 Å². The number of fused-ring (bicyclic) bond motifs is 2. The van der Waals surface area contributed by atoms with Crippen LogP contribution in [0.15, 0.2) is 42.5 Å². The summed E-state index contributed by atoms with van der Waals surface area (Å²) in [6.45, 7) is 3.84. The van der Waals surface area contributed by atoms with Gasteiger partial charge in [-0.3, -0.25) is 0 Å². The topological polar surface area (TPSA) is 55.1 Å². The van der Waals surface area contributed by atoms with Gasteiger partial charge in [-0.15, -0.1) is 5.10 Å². The maximum atomic E-state index is 14.1. The third kappa shape index (κ3) is 3.54. The van der Waals surface area contributed by atoms with E-state index < -0.39 is 0 Å². The Hall–Kier alpha value is -3.28. The SMILES string of the molecule is Cc1ccc(Cc2nc3nc4c(c(Nc5ccc(C)c(F)c5)n3n2)CCCC4)cc1. The monoisotopic (exact) mass is 401 g/mol. The molecule has 0 aliphatic heterocycles. The highest BCUT2D eigenvalue weighted by Crippen LogP contribution is 2.30. The third-order valence-corrected chi connectivity index (χ3v) is 5.72.